The molecule has 18 heavy (non-hydrogen) atoms. The van der Waals surface area contributed by atoms with Gasteiger partial charge in [-0.05, 0) is 25.8 Å². The highest BCUT2D eigenvalue weighted by atomic mass is 35.5. The summed E-state index contributed by atoms with van der Waals surface area (Å²) in [7, 11) is 0. The van der Waals surface area contributed by atoms with Gasteiger partial charge in [-0.15, -0.1) is 11.3 Å². The zero-order chi connectivity index (χ0) is 13.0. The molecule has 2 heterocycles. The van der Waals surface area contributed by atoms with Crippen molar-refractivity contribution >= 4 is 22.9 Å². The molecule has 1 saturated heterocycles. The molecule has 0 saturated carbocycles. The standard InChI is InChI=1S/C13H21ClN2OS/c1-2-17-11-3-5-16(6-4-11)12(8-15)13-7-10(14)9-18-13/h7,9,11-12H,2-6,8,15H2,1H3. The van der Waals surface area contributed by atoms with Gasteiger partial charge in [0.05, 0.1) is 17.2 Å². The van der Waals surface area contributed by atoms with E-state index < -0.39 is 0 Å². The summed E-state index contributed by atoms with van der Waals surface area (Å²) >= 11 is 7.70. The molecule has 1 fully saturated rings. The van der Waals surface area contributed by atoms with Crippen LogP contribution in [-0.2, 0) is 4.74 Å². The molecule has 0 spiro atoms. The minimum Gasteiger partial charge on any atom is -0.378 e. The highest BCUT2D eigenvalue weighted by Gasteiger charge is 2.26. The third kappa shape index (κ3) is 3.45. The van der Waals surface area contributed by atoms with Crippen molar-refractivity contribution in [1.29, 1.82) is 0 Å². The Bertz CT molecular complexity index is 364. The van der Waals surface area contributed by atoms with Gasteiger partial charge >= 0.3 is 0 Å². The molecule has 0 aromatic carbocycles. The number of hydrogen-bond acceptors (Lipinski definition) is 4. The largest absolute Gasteiger partial charge is 0.378 e. The Morgan fingerprint density at radius 1 is 1.56 bits per heavy atom. The van der Waals surface area contributed by atoms with Gasteiger partial charge in [0.1, 0.15) is 0 Å². The van der Waals surface area contributed by atoms with E-state index in [2.05, 4.69) is 11.8 Å². The van der Waals surface area contributed by atoms with E-state index in [9.17, 15) is 0 Å². The van der Waals surface area contributed by atoms with Gasteiger partial charge < -0.3 is 10.5 Å². The van der Waals surface area contributed by atoms with Crippen LogP contribution in [0.4, 0.5) is 0 Å². The van der Waals surface area contributed by atoms with E-state index in [0.29, 0.717) is 18.7 Å². The van der Waals surface area contributed by atoms with Crippen molar-refractivity contribution in [2.45, 2.75) is 31.9 Å². The Morgan fingerprint density at radius 3 is 2.78 bits per heavy atom. The van der Waals surface area contributed by atoms with Gasteiger partial charge in [0.2, 0.25) is 0 Å². The maximum Gasteiger partial charge on any atom is 0.0599 e. The van der Waals surface area contributed by atoms with Crippen LogP contribution in [0.5, 0.6) is 0 Å². The van der Waals surface area contributed by atoms with Crippen molar-refractivity contribution in [1.82, 2.24) is 4.90 Å². The summed E-state index contributed by atoms with van der Waals surface area (Å²) in [6, 6.07) is 2.35. The first-order chi connectivity index (χ1) is 8.74. The summed E-state index contributed by atoms with van der Waals surface area (Å²) in [6.45, 7) is 5.63. The Hall–Kier alpha value is -0.130. The summed E-state index contributed by atoms with van der Waals surface area (Å²) in [5.41, 5.74) is 5.93. The summed E-state index contributed by atoms with van der Waals surface area (Å²) in [4.78, 5) is 3.73. The molecular formula is C13H21ClN2OS. The SMILES string of the molecule is CCOC1CCN(C(CN)c2cc(Cl)cs2)CC1. The number of rotatable bonds is 5. The minimum atomic E-state index is 0.310. The summed E-state index contributed by atoms with van der Waals surface area (Å²) in [5.74, 6) is 0. The van der Waals surface area contributed by atoms with Crippen LogP contribution in [0.3, 0.4) is 0 Å². The van der Waals surface area contributed by atoms with Crippen molar-refractivity contribution in [2.24, 2.45) is 5.73 Å². The lowest BCUT2D eigenvalue weighted by molar-refractivity contribution is 0.00488. The number of nitrogens with zero attached hydrogens (tertiary/aromatic N) is 1. The lowest BCUT2D eigenvalue weighted by Crippen LogP contribution is -2.41. The third-order valence-electron chi connectivity index (χ3n) is 3.46. The second-order valence-electron chi connectivity index (χ2n) is 4.61. The van der Waals surface area contributed by atoms with Gasteiger partial charge in [-0.1, -0.05) is 11.6 Å². The highest BCUT2D eigenvalue weighted by Crippen LogP contribution is 2.30. The number of piperidine rings is 1. The molecule has 0 radical (unpaired) electrons. The summed E-state index contributed by atoms with van der Waals surface area (Å²) in [5, 5.41) is 2.80. The monoisotopic (exact) mass is 288 g/mol. The second-order valence-corrected chi connectivity index (χ2v) is 5.99. The molecule has 102 valence electrons. The Kier molecular flexibility index (Phi) is 5.45. The zero-order valence-corrected chi connectivity index (χ0v) is 12.3. The first-order valence-corrected chi connectivity index (χ1v) is 7.80. The van der Waals surface area contributed by atoms with E-state index in [4.69, 9.17) is 22.1 Å². The molecule has 1 aliphatic rings. The van der Waals surface area contributed by atoms with Gasteiger partial charge in [-0.25, -0.2) is 0 Å². The highest BCUT2D eigenvalue weighted by molar-refractivity contribution is 7.10. The normalized spacial score (nSPS) is 20.2. The van der Waals surface area contributed by atoms with Crippen LogP contribution in [0.25, 0.3) is 0 Å². The molecule has 0 amide bonds. The predicted molar refractivity (Wildman–Crippen MR) is 77.3 cm³/mol. The topological polar surface area (TPSA) is 38.5 Å². The number of thiophene rings is 1. The quantitative estimate of drug-likeness (QED) is 0.905. The Balaban J connectivity index is 1.94. The zero-order valence-electron chi connectivity index (χ0n) is 10.8. The van der Waals surface area contributed by atoms with Crippen molar-refractivity contribution in [3.8, 4) is 0 Å². The predicted octanol–water partition coefficient (Wildman–Crippen LogP) is 2.90. The van der Waals surface area contributed by atoms with E-state index in [1.54, 1.807) is 11.3 Å². The molecular weight excluding hydrogens is 268 g/mol. The molecule has 1 aromatic rings. The summed E-state index contributed by atoms with van der Waals surface area (Å²) < 4.78 is 5.68. The average molecular weight is 289 g/mol. The fourth-order valence-corrected chi connectivity index (χ4v) is 3.77. The molecule has 3 nitrogen and oxygen atoms in total. The van der Waals surface area contributed by atoms with Gasteiger partial charge in [-0.3, -0.25) is 4.90 Å². The van der Waals surface area contributed by atoms with E-state index in [-0.39, 0.29) is 0 Å². The van der Waals surface area contributed by atoms with Gasteiger partial charge in [-0.2, -0.15) is 0 Å². The lowest BCUT2D eigenvalue weighted by Gasteiger charge is -2.36. The van der Waals surface area contributed by atoms with E-state index in [0.717, 1.165) is 37.6 Å². The molecule has 1 unspecified atom stereocenters. The smallest absolute Gasteiger partial charge is 0.0599 e. The van der Waals surface area contributed by atoms with Crippen LogP contribution in [0, 0.1) is 0 Å². The van der Waals surface area contributed by atoms with Crippen molar-refractivity contribution in [3.05, 3.63) is 21.3 Å². The Labute approximate surface area is 118 Å². The number of nitrogens with two attached hydrogens (primary N) is 1. The van der Waals surface area contributed by atoms with E-state index >= 15 is 0 Å². The molecule has 1 aliphatic heterocycles. The van der Waals surface area contributed by atoms with Gasteiger partial charge in [0.25, 0.3) is 0 Å². The number of hydrogen-bond donors (Lipinski definition) is 1. The van der Waals surface area contributed by atoms with Gasteiger partial charge in [0.15, 0.2) is 0 Å². The van der Waals surface area contributed by atoms with Crippen LogP contribution in [0.1, 0.15) is 30.7 Å². The first kappa shape index (κ1) is 14.3. The van der Waals surface area contributed by atoms with Crippen molar-refractivity contribution < 1.29 is 4.74 Å². The van der Waals surface area contributed by atoms with Crippen LogP contribution >= 0.6 is 22.9 Å². The van der Waals surface area contributed by atoms with Crippen molar-refractivity contribution in [2.75, 3.05) is 26.2 Å². The Morgan fingerprint density at radius 2 is 2.28 bits per heavy atom. The van der Waals surface area contributed by atoms with Crippen LogP contribution < -0.4 is 5.73 Å². The third-order valence-corrected chi connectivity index (χ3v) is 4.84. The number of halogens is 1. The molecule has 2 N–H and O–H groups in total. The molecule has 1 atom stereocenters. The van der Waals surface area contributed by atoms with Crippen molar-refractivity contribution in [3.63, 3.8) is 0 Å². The number of ether oxygens (including phenoxy) is 1. The lowest BCUT2D eigenvalue weighted by atomic mass is 10.0. The first-order valence-electron chi connectivity index (χ1n) is 6.54. The average Bonchev–Trinajstić information content (AvgIpc) is 2.79. The molecule has 5 heteroatoms. The second kappa shape index (κ2) is 6.87. The van der Waals surface area contributed by atoms with Crippen LogP contribution in [0.15, 0.2) is 11.4 Å². The van der Waals surface area contributed by atoms with Crippen LogP contribution in [0.2, 0.25) is 5.02 Å². The maximum absolute atomic E-state index is 6.00. The van der Waals surface area contributed by atoms with E-state index in [1.807, 2.05) is 11.4 Å². The van der Waals surface area contributed by atoms with Gasteiger partial charge in [0, 0.05) is 36.5 Å². The molecule has 1 aromatic heterocycles. The molecule has 0 bridgehead atoms. The molecule has 2 rings (SSSR count). The number of likely N-dealkylation sites (tertiary alicyclic amines) is 1. The van der Waals surface area contributed by atoms with E-state index in [1.165, 1.54) is 4.88 Å². The maximum atomic E-state index is 6.00. The minimum absolute atomic E-state index is 0.310. The molecule has 0 aliphatic carbocycles. The van der Waals surface area contributed by atoms with Crippen LogP contribution in [-0.4, -0.2) is 37.2 Å². The fraction of sp³-hybridized carbons (Fsp3) is 0.692. The fourth-order valence-electron chi connectivity index (χ4n) is 2.54. The summed E-state index contributed by atoms with van der Waals surface area (Å²) in [6.07, 6.45) is 2.63.